The molecule has 0 atom stereocenters. The number of aromatic amines is 1. The van der Waals surface area contributed by atoms with Crippen molar-refractivity contribution in [2.24, 2.45) is 5.73 Å². The van der Waals surface area contributed by atoms with E-state index in [1.54, 1.807) is 30.2 Å². The molecule has 1 aliphatic heterocycles. The molecule has 1 fully saturated rings. The Morgan fingerprint density at radius 2 is 2.00 bits per heavy atom. The Labute approximate surface area is 151 Å². The highest BCUT2D eigenvalue weighted by molar-refractivity contribution is 5.90. The number of nitrogens with zero attached hydrogens (tertiary/aromatic N) is 2. The molecule has 3 N–H and O–H groups in total. The van der Waals surface area contributed by atoms with E-state index in [0.29, 0.717) is 24.6 Å². The summed E-state index contributed by atoms with van der Waals surface area (Å²) in [6.07, 6.45) is 1.59. The second kappa shape index (κ2) is 7.90. The number of carbonyl (C=O) groups is 2. The first-order valence-electron chi connectivity index (χ1n) is 8.46. The maximum Gasteiger partial charge on any atom is 0.269 e. The van der Waals surface area contributed by atoms with Gasteiger partial charge in [-0.2, -0.15) is 5.10 Å². The van der Waals surface area contributed by atoms with Crippen LogP contribution in [0.15, 0.2) is 30.3 Å². The molecule has 1 aromatic heterocycles. The SMILES string of the molecule is COc1cccc(OCC(=O)N2CCC(c3cc(C(N)=O)n[nH]3)CC2)c1. The van der Waals surface area contributed by atoms with Crippen LogP contribution in [-0.4, -0.2) is 53.7 Å². The van der Waals surface area contributed by atoms with E-state index in [0.717, 1.165) is 18.5 Å². The molecular formula is C18H22N4O4. The summed E-state index contributed by atoms with van der Waals surface area (Å²) in [5.41, 5.74) is 6.35. The molecule has 0 saturated carbocycles. The lowest BCUT2D eigenvalue weighted by atomic mass is 9.93. The summed E-state index contributed by atoms with van der Waals surface area (Å²) in [5.74, 6) is 0.928. The zero-order valence-corrected chi connectivity index (χ0v) is 14.6. The summed E-state index contributed by atoms with van der Waals surface area (Å²) in [7, 11) is 1.58. The number of ether oxygens (including phenoxy) is 2. The third-order valence-corrected chi connectivity index (χ3v) is 4.54. The average Bonchev–Trinajstić information content (AvgIpc) is 3.17. The Morgan fingerprint density at radius 3 is 2.65 bits per heavy atom. The normalized spacial score (nSPS) is 14.9. The van der Waals surface area contributed by atoms with Gasteiger partial charge in [0.15, 0.2) is 6.61 Å². The summed E-state index contributed by atoms with van der Waals surface area (Å²) in [5, 5.41) is 6.78. The summed E-state index contributed by atoms with van der Waals surface area (Å²) in [6.45, 7) is 1.26. The van der Waals surface area contributed by atoms with Gasteiger partial charge >= 0.3 is 0 Å². The van der Waals surface area contributed by atoms with Crippen LogP contribution in [0, 0.1) is 0 Å². The number of nitrogens with two attached hydrogens (primary N) is 1. The van der Waals surface area contributed by atoms with E-state index >= 15 is 0 Å². The van der Waals surface area contributed by atoms with Gasteiger partial charge in [-0.05, 0) is 31.0 Å². The van der Waals surface area contributed by atoms with Crippen molar-refractivity contribution in [2.45, 2.75) is 18.8 Å². The van der Waals surface area contributed by atoms with Crippen LogP contribution in [-0.2, 0) is 4.79 Å². The van der Waals surface area contributed by atoms with E-state index in [4.69, 9.17) is 15.2 Å². The molecule has 2 aromatic rings. The molecule has 26 heavy (non-hydrogen) atoms. The minimum absolute atomic E-state index is 0.00623. The molecular weight excluding hydrogens is 336 g/mol. The molecule has 0 bridgehead atoms. The maximum atomic E-state index is 12.4. The number of nitrogens with one attached hydrogen (secondary N) is 1. The number of primary amides is 1. The number of hydrogen-bond donors (Lipinski definition) is 2. The van der Waals surface area contributed by atoms with E-state index in [-0.39, 0.29) is 24.1 Å². The van der Waals surface area contributed by atoms with Crippen molar-refractivity contribution in [3.63, 3.8) is 0 Å². The lowest BCUT2D eigenvalue weighted by Crippen LogP contribution is -2.40. The van der Waals surface area contributed by atoms with Gasteiger partial charge in [0.2, 0.25) is 0 Å². The molecule has 2 heterocycles. The molecule has 0 aliphatic carbocycles. The summed E-state index contributed by atoms with van der Waals surface area (Å²) in [6, 6.07) is 8.86. The minimum Gasteiger partial charge on any atom is -0.497 e. The van der Waals surface area contributed by atoms with Crippen molar-refractivity contribution < 1.29 is 19.1 Å². The van der Waals surface area contributed by atoms with Crippen LogP contribution in [0.25, 0.3) is 0 Å². The molecule has 8 heteroatoms. The Morgan fingerprint density at radius 1 is 1.27 bits per heavy atom. The lowest BCUT2D eigenvalue weighted by Gasteiger charge is -2.31. The molecule has 1 aromatic carbocycles. The van der Waals surface area contributed by atoms with Gasteiger partial charge in [-0.1, -0.05) is 6.07 Å². The van der Waals surface area contributed by atoms with E-state index in [1.807, 2.05) is 12.1 Å². The largest absolute Gasteiger partial charge is 0.497 e. The molecule has 0 unspecified atom stereocenters. The van der Waals surface area contributed by atoms with Gasteiger partial charge in [0.05, 0.1) is 7.11 Å². The van der Waals surface area contributed by atoms with Crippen molar-refractivity contribution in [3.8, 4) is 11.5 Å². The van der Waals surface area contributed by atoms with E-state index < -0.39 is 5.91 Å². The van der Waals surface area contributed by atoms with Gasteiger partial charge < -0.3 is 20.1 Å². The number of carbonyl (C=O) groups excluding carboxylic acids is 2. The summed E-state index contributed by atoms with van der Waals surface area (Å²) < 4.78 is 10.7. The predicted octanol–water partition coefficient (Wildman–Crippen LogP) is 1.30. The highest BCUT2D eigenvalue weighted by atomic mass is 16.5. The van der Waals surface area contributed by atoms with Gasteiger partial charge in [-0.3, -0.25) is 14.7 Å². The van der Waals surface area contributed by atoms with Crippen LogP contribution in [0.2, 0.25) is 0 Å². The number of methoxy groups -OCH3 is 1. The zero-order chi connectivity index (χ0) is 18.5. The van der Waals surface area contributed by atoms with Gasteiger partial charge in [0, 0.05) is 30.8 Å². The third-order valence-electron chi connectivity index (χ3n) is 4.54. The number of rotatable bonds is 6. The third kappa shape index (κ3) is 4.14. The van der Waals surface area contributed by atoms with E-state index in [1.165, 1.54) is 0 Å². The molecule has 0 radical (unpaired) electrons. The van der Waals surface area contributed by atoms with Crippen molar-refractivity contribution in [1.82, 2.24) is 15.1 Å². The second-order valence-electron chi connectivity index (χ2n) is 6.20. The predicted molar refractivity (Wildman–Crippen MR) is 94.1 cm³/mol. The fourth-order valence-electron chi connectivity index (χ4n) is 3.04. The van der Waals surface area contributed by atoms with Gasteiger partial charge in [-0.15, -0.1) is 0 Å². The summed E-state index contributed by atoms with van der Waals surface area (Å²) >= 11 is 0. The molecule has 0 spiro atoms. The monoisotopic (exact) mass is 358 g/mol. The Kier molecular flexibility index (Phi) is 5.40. The summed E-state index contributed by atoms with van der Waals surface area (Å²) in [4.78, 5) is 25.3. The molecule has 138 valence electrons. The minimum atomic E-state index is -0.546. The van der Waals surface area contributed by atoms with Crippen molar-refractivity contribution in [1.29, 1.82) is 0 Å². The van der Waals surface area contributed by atoms with Crippen molar-refractivity contribution >= 4 is 11.8 Å². The van der Waals surface area contributed by atoms with E-state index in [9.17, 15) is 9.59 Å². The second-order valence-corrected chi connectivity index (χ2v) is 6.20. The number of hydrogen-bond acceptors (Lipinski definition) is 5. The zero-order valence-electron chi connectivity index (χ0n) is 14.6. The number of benzene rings is 1. The fraction of sp³-hybridized carbons (Fsp3) is 0.389. The standard InChI is InChI=1S/C18H22N4O4/c1-25-13-3-2-4-14(9-13)26-11-17(23)22-7-5-12(6-8-22)15-10-16(18(19)24)21-20-15/h2-4,9-10,12H,5-8,11H2,1H3,(H2,19,24)(H,20,21). The maximum absolute atomic E-state index is 12.4. The first-order valence-corrected chi connectivity index (χ1v) is 8.46. The van der Waals surface area contributed by atoms with Crippen LogP contribution in [0.5, 0.6) is 11.5 Å². The fourth-order valence-corrected chi connectivity index (χ4v) is 3.04. The van der Waals surface area contributed by atoms with Gasteiger partial charge in [0.1, 0.15) is 17.2 Å². The quantitative estimate of drug-likeness (QED) is 0.809. The molecule has 8 nitrogen and oxygen atoms in total. The average molecular weight is 358 g/mol. The van der Waals surface area contributed by atoms with Gasteiger partial charge in [0.25, 0.3) is 11.8 Å². The molecule has 1 saturated heterocycles. The van der Waals surface area contributed by atoms with Crippen LogP contribution in [0.1, 0.15) is 34.9 Å². The highest BCUT2D eigenvalue weighted by Crippen LogP contribution is 2.27. The van der Waals surface area contributed by atoms with Crippen LogP contribution >= 0.6 is 0 Å². The molecule has 3 rings (SSSR count). The number of likely N-dealkylation sites (tertiary alicyclic amines) is 1. The van der Waals surface area contributed by atoms with Crippen LogP contribution in [0.4, 0.5) is 0 Å². The van der Waals surface area contributed by atoms with Crippen LogP contribution < -0.4 is 15.2 Å². The van der Waals surface area contributed by atoms with E-state index in [2.05, 4.69) is 10.2 Å². The Bertz CT molecular complexity index is 781. The number of piperidine rings is 1. The Hall–Kier alpha value is -3.03. The molecule has 2 amide bonds. The Balaban J connectivity index is 1.49. The highest BCUT2D eigenvalue weighted by Gasteiger charge is 2.25. The van der Waals surface area contributed by atoms with Crippen molar-refractivity contribution in [3.05, 3.63) is 41.7 Å². The first-order chi connectivity index (χ1) is 12.6. The van der Waals surface area contributed by atoms with Crippen LogP contribution in [0.3, 0.4) is 0 Å². The number of amides is 2. The van der Waals surface area contributed by atoms with Gasteiger partial charge in [-0.25, -0.2) is 0 Å². The first kappa shape index (κ1) is 17.8. The number of H-pyrrole nitrogens is 1. The lowest BCUT2D eigenvalue weighted by molar-refractivity contribution is -0.134. The number of aromatic nitrogens is 2. The topological polar surface area (TPSA) is 111 Å². The smallest absolute Gasteiger partial charge is 0.269 e. The van der Waals surface area contributed by atoms with Crippen molar-refractivity contribution in [2.75, 3.05) is 26.8 Å². The molecule has 1 aliphatic rings.